The highest BCUT2D eigenvalue weighted by atomic mass is 16.4. The van der Waals surface area contributed by atoms with Crippen LogP contribution in [0.4, 0.5) is 4.79 Å². The Balaban J connectivity index is 2.00. The SMILES string of the molecule is Cn1nncc1-c1ccc2c(c1)CCN(C(=O)O)C2O. The van der Waals surface area contributed by atoms with E-state index in [1.54, 1.807) is 16.9 Å². The molecular formula is C13H14N4O3. The van der Waals surface area contributed by atoms with Gasteiger partial charge >= 0.3 is 6.09 Å². The van der Waals surface area contributed by atoms with E-state index >= 15 is 0 Å². The molecule has 2 heterocycles. The molecule has 0 spiro atoms. The van der Waals surface area contributed by atoms with Gasteiger partial charge in [-0.05, 0) is 18.1 Å². The van der Waals surface area contributed by atoms with Crippen molar-refractivity contribution in [3.63, 3.8) is 0 Å². The Morgan fingerprint density at radius 3 is 2.90 bits per heavy atom. The number of aliphatic hydroxyl groups excluding tert-OH is 1. The van der Waals surface area contributed by atoms with E-state index in [0.29, 0.717) is 12.0 Å². The third-order valence-corrected chi connectivity index (χ3v) is 3.59. The first kappa shape index (κ1) is 12.6. The Morgan fingerprint density at radius 2 is 2.25 bits per heavy atom. The van der Waals surface area contributed by atoms with Crippen LogP contribution in [-0.2, 0) is 13.5 Å². The fourth-order valence-corrected chi connectivity index (χ4v) is 2.52. The van der Waals surface area contributed by atoms with Crippen molar-refractivity contribution >= 4 is 6.09 Å². The number of hydrogen-bond acceptors (Lipinski definition) is 4. The van der Waals surface area contributed by atoms with Crippen LogP contribution in [0.2, 0.25) is 0 Å². The predicted octanol–water partition coefficient (Wildman–Crippen LogP) is 1.01. The molecule has 1 aromatic carbocycles. The summed E-state index contributed by atoms with van der Waals surface area (Å²) in [4.78, 5) is 12.1. The normalized spacial score (nSPS) is 17.9. The number of carbonyl (C=O) groups is 1. The minimum absolute atomic E-state index is 0.288. The smallest absolute Gasteiger partial charge is 0.409 e. The van der Waals surface area contributed by atoms with E-state index in [0.717, 1.165) is 21.7 Å². The lowest BCUT2D eigenvalue weighted by Crippen LogP contribution is -2.39. The number of amides is 1. The van der Waals surface area contributed by atoms with Crippen LogP contribution in [-0.4, -0.2) is 42.7 Å². The van der Waals surface area contributed by atoms with Crippen LogP contribution in [0.3, 0.4) is 0 Å². The van der Waals surface area contributed by atoms with Crippen molar-refractivity contribution in [1.82, 2.24) is 19.9 Å². The fourth-order valence-electron chi connectivity index (χ4n) is 2.52. The van der Waals surface area contributed by atoms with Gasteiger partial charge in [-0.2, -0.15) is 0 Å². The number of carboxylic acid groups (broad SMARTS) is 1. The molecule has 7 nitrogen and oxygen atoms in total. The summed E-state index contributed by atoms with van der Waals surface area (Å²) in [5.74, 6) is 0. The van der Waals surface area contributed by atoms with Crippen LogP contribution >= 0.6 is 0 Å². The summed E-state index contributed by atoms with van der Waals surface area (Å²) in [6, 6.07) is 5.56. The number of aliphatic hydroxyl groups is 1. The number of benzene rings is 1. The maximum Gasteiger partial charge on any atom is 0.409 e. The van der Waals surface area contributed by atoms with Gasteiger partial charge in [0, 0.05) is 24.7 Å². The Bertz CT molecular complexity index is 667. The van der Waals surface area contributed by atoms with Crippen molar-refractivity contribution in [3.05, 3.63) is 35.5 Å². The van der Waals surface area contributed by atoms with Crippen LogP contribution in [0.25, 0.3) is 11.3 Å². The molecule has 0 fully saturated rings. The highest BCUT2D eigenvalue weighted by molar-refractivity contribution is 5.67. The maximum absolute atomic E-state index is 11.0. The number of aromatic nitrogens is 3. The Hall–Kier alpha value is -2.41. The second-order valence-corrected chi connectivity index (χ2v) is 4.76. The van der Waals surface area contributed by atoms with E-state index in [-0.39, 0.29) is 6.54 Å². The molecule has 20 heavy (non-hydrogen) atoms. The molecule has 0 bridgehead atoms. The molecular weight excluding hydrogens is 260 g/mol. The zero-order valence-electron chi connectivity index (χ0n) is 10.9. The second-order valence-electron chi connectivity index (χ2n) is 4.76. The van der Waals surface area contributed by atoms with Gasteiger partial charge in [0.15, 0.2) is 6.23 Å². The van der Waals surface area contributed by atoms with Crippen molar-refractivity contribution in [2.24, 2.45) is 7.05 Å². The Kier molecular flexibility index (Phi) is 2.90. The summed E-state index contributed by atoms with van der Waals surface area (Å²) in [6.45, 7) is 0.288. The number of fused-ring (bicyclic) bond motifs is 1. The molecule has 0 saturated carbocycles. The van der Waals surface area contributed by atoms with E-state index < -0.39 is 12.3 Å². The van der Waals surface area contributed by atoms with Gasteiger partial charge in [-0.3, -0.25) is 4.90 Å². The Labute approximate surface area is 115 Å². The van der Waals surface area contributed by atoms with Gasteiger partial charge in [0.05, 0.1) is 11.9 Å². The fraction of sp³-hybridized carbons (Fsp3) is 0.308. The van der Waals surface area contributed by atoms with Crippen LogP contribution in [0.1, 0.15) is 17.4 Å². The van der Waals surface area contributed by atoms with Gasteiger partial charge in [-0.15, -0.1) is 5.10 Å². The van der Waals surface area contributed by atoms with Crippen LogP contribution in [0.5, 0.6) is 0 Å². The molecule has 2 N–H and O–H groups in total. The van der Waals surface area contributed by atoms with Crippen molar-refractivity contribution in [3.8, 4) is 11.3 Å². The largest absolute Gasteiger partial charge is 0.465 e. The first-order valence-corrected chi connectivity index (χ1v) is 6.23. The molecule has 3 rings (SSSR count). The van der Waals surface area contributed by atoms with Crippen molar-refractivity contribution < 1.29 is 15.0 Å². The highest BCUT2D eigenvalue weighted by Gasteiger charge is 2.29. The summed E-state index contributed by atoms with van der Waals surface area (Å²) in [6.07, 6.45) is 0.0422. The lowest BCUT2D eigenvalue weighted by Gasteiger charge is -2.31. The molecule has 1 aliphatic rings. The molecule has 0 aliphatic carbocycles. The lowest BCUT2D eigenvalue weighted by atomic mass is 9.95. The summed E-state index contributed by atoms with van der Waals surface area (Å²) in [5.41, 5.74) is 3.42. The third kappa shape index (κ3) is 1.92. The molecule has 2 aromatic rings. The van der Waals surface area contributed by atoms with Crippen molar-refractivity contribution in [2.45, 2.75) is 12.6 Å². The topological polar surface area (TPSA) is 91.5 Å². The van der Waals surface area contributed by atoms with Crippen LogP contribution in [0.15, 0.2) is 24.4 Å². The molecule has 7 heteroatoms. The van der Waals surface area contributed by atoms with Gasteiger partial charge in [0.25, 0.3) is 0 Å². The Morgan fingerprint density at radius 1 is 1.45 bits per heavy atom. The van der Waals surface area contributed by atoms with E-state index in [4.69, 9.17) is 5.11 Å². The standard InChI is InChI=1S/C13H14N4O3/c1-16-11(7-14-15-16)9-2-3-10-8(6-9)4-5-17(12(10)18)13(19)20/h2-3,6-7,12,18H,4-5H2,1H3,(H,19,20). The number of aryl methyl sites for hydroxylation is 1. The second kappa shape index (κ2) is 4.61. The van der Waals surface area contributed by atoms with Crippen molar-refractivity contribution in [2.75, 3.05) is 6.54 Å². The number of hydrogen-bond donors (Lipinski definition) is 2. The van der Waals surface area contributed by atoms with Crippen LogP contribution in [0, 0.1) is 0 Å². The molecule has 1 aliphatic heterocycles. The zero-order chi connectivity index (χ0) is 14.3. The first-order chi connectivity index (χ1) is 9.58. The summed E-state index contributed by atoms with van der Waals surface area (Å²) in [7, 11) is 1.81. The van der Waals surface area contributed by atoms with Crippen molar-refractivity contribution in [1.29, 1.82) is 0 Å². The van der Waals surface area contributed by atoms with Crippen LogP contribution < -0.4 is 0 Å². The summed E-state index contributed by atoms with van der Waals surface area (Å²) >= 11 is 0. The van der Waals surface area contributed by atoms with Gasteiger partial charge in [-0.25, -0.2) is 9.48 Å². The molecule has 1 unspecified atom stereocenters. The third-order valence-electron chi connectivity index (χ3n) is 3.59. The zero-order valence-corrected chi connectivity index (χ0v) is 10.9. The number of nitrogens with zero attached hydrogens (tertiary/aromatic N) is 4. The van der Waals surface area contributed by atoms with E-state index in [1.165, 1.54) is 0 Å². The molecule has 1 amide bonds. The van der Waals surface area contributed by atoms with E-state index in [1.807, 2.05) is 19.2 Å². The minimum Gasteiger partial charge on any atom is -0.465 e. The van der Waals surface area contributed by atoms with Gasteiger partial charge in [0.2, 0.25) is 0 Å². The van der Waals surface area contributed by atoms with E-state index in [9.17, 15) is 9.90 Å². The van der Waals surface area contributed by atoms with Gasteiger partial charge < -0.3 is 10.2 Å². The molecule has 1 aromatic heterocycles. The molecule has 0 radical (unpaired) electrons. The monoisotopic (exact) mass is 274 g/mol. The first-order valence-electron chi connectivity index (χ1n) is 6.23. The molecule has 1 atom stereocenters. The maximum atomic E-state index is 11.0. The molecule has 0 saturated heterocycles. The predicted molar refractivity (Wildman–Crippen MR) is 69.8 cm³/mol. The lowest BCUT2D eigenvalue weighted by molar-refractivity contribution is 0.00407. The molecule has 104 valence electrons. The quantitative estimate of drug-likeness (QED) is 0.809. The van der Waals surface area contributed by atoms with E-state index in [2.05, 4.69) is 10.3 Å². The number of rotatable bonds is 1. The highest BCUT2D eigenvalue weighted by Crippen LogP contribution is 2.31. The van der Waals surface area contributed by atoms with Gasteiger partial charge in [-0.1, -0.05) is 17.3 Å². The average molecular weight is 274 g/mol. The summed E-state index contributed by atoms with van der Waals surface area (Å²) < 4.78 is 1.67. The minimum atomic E-state index is -1.11. The summed E-state index contributed by atoms with van der Waals surface area (Å²) in [5, 5.41) is 26.8. The average Bonchev–Trinajstić information content (AvgIpc) is 2.84. The van der Waals surface area contributed by atoms with Gasteiger partial charge in [0.1, 0.15) is 0 Å².